The van der Waals surface area contributed by atoms with E-state index in [1.807, 2.05) is 0 Å². The summed E-state index contributed by atoms with van der Waals surface area (Å²) >= 11 is 5.78. The van der Waals surface area contributed by atoms with Crippen molar-refractivity contribution in [3.63, 3.8) is 0 Å². The van der Waals surface area contributed by atoms with E-state index in [1.165, 1.54) is 24.3 Å². The summed E-state index contributed by atoms with van der Waals surface area (Å²) in [5.74, 6) is -1.66. The fourth-order valence-electron chi connectivity index (χ4n) is 1.46. The SMILES string of the molecule is O=C(Nc1ccc(C(=O)O)c(Cl)c1)c1ccc(=O)oc1. The molecular formula is C13H8ClNO5. The minimum atomic E-state index is -1.15. The van der Waals surface area contributed by atoms with Crippen molar-refractivity contribution in [2.45, 2.75) is 0 Å². The van der Waals surface area contributed by atoms with Crippen molar-refractivity contribution < 1.29 is 19.1 Å². The summed E-state index contributed by atoms with van der Waals surface area (Å²) < 4.78 is 4.57. The van der Waals surface area contributed by atoms with Gasteiger partial charge >= 0.3 is 11.6 Å². The second-order valence-electron chi connectivity index (χ2n) is 3.80. The topological polar surface area (TPSA) is 96.6 Å². The lowest BCUT2D eigenvalue weighted by Gasteiger charge is -2.06. The molecular weight excluding hydrogens is 286 g/mol. The number of hydrogen-bond acceptors (Lipinski definition) is 4. The van der Waals surface area contributed by atoms with Gasteiger partial charge in [-0.1, -0.05) is 11.6 Å². The minimum Gasteiger partial charge on any atom is -0.478 e. The van der Waals surface area contributed by atoms with E-state index in [1.54, 1.807) is 0 Å². The Bertz CT molecular complexity index is 717. The average molecular weight is 294 g/mol. The molecule has 102 valence electrons. The molecule has 0 aliphatic rings. The van der Waals surface area contributed by atoms with Crippen LogP contribution < -0.4 is 10.9 Å². The second kappa shape index (κ2) is 5.58. The van der Waals surface area contributed by atoms with E-state index in [9.17, 15) is 14.4 Å². The Morgan fingerprint density at radius 1 is 1.20 bits per heavy atom. The molecule has 0 spiro atoms. The van der Waals surface area contributed by atoms with E-state index in [2.05, 4.69) is 9.73 Å². The number of carboxylic acids is 1. The number of nitrogens with one attached hydrogen (secondary N) is 1. The van der Waals surface area contributed by atoms with Gasteiger partial charge in [0.1, 0.15) is 6.26 Å². The predicted molar refractivity (Wildman–Crippen MR) is 71.3 cm³/mol. The van der Waals surface area contributed by atoms with Crippen LogP contribution in [0, 0.1) is 0 Å². The molecule has 0 fully saturated rings. The smallest absolute Gasteiger partial charge is 0.337 e. The standard InChI is InChI=1S/C13H8ClNO5/c14-10-5-8(2-3-9(10)13(18)19)15-12(17)7-1-4-11(16)20-6-7/h1-6H,(H,15,17)(H,18,19). The van der Waals surface area contributed by atoms with Crippen LogP contribution in [0.5, 0.6) is 0 Å². The minimum absolute atomic E-state index is 0.00916. The highest BCUT2D eigenvalue weighted by Gasteiger charge is 2.11. The van der Waals surface area contributed by atoms with Gasteiger partial charge in [-0.05, 0) is 24.3 Å². The third kappa shape index (κ3) is 3.04. The molecule has 2 rings (SSSR count). The number of amides is 1. The summed E-state index contributed by atoms with van der Waals surface area (Å²) in [6.07, 6.45) is 1.03. The van der Waals surface area contributed by atoms with Crippen LogP contribution >= 0.6 is 11.6 Å². The van der Waals surface area contributed by atoms with Gasteiger partial charge in [0.2, 0.25) is 0 Å². The molecule has 1 heterocycles. The molecule has 7 heteroatoms. The number of carboxylic acid groups (broad SMARTS) is 1. The maximum absolute atomic E-state index is 11.8. The van der Waals surface area contributed by atoms with Crippen molar-refractivity contribution >= 4 is 29.2 Å². The molecule has 0 saturated carbocycles. The summed E-state index contributed by atoms with van der Waals surface area (Å²) in [5.41, 5.74) is -0.134. The highest BCUT2D eigenvalue weighted by Crippen LogP contribution is 2.21. The van der Waals surface area contributed by atoms with Crippen molar-refractivity contribution in [2.75, 3.05) is 5.32 Å². The zero-order valence-electron chi connectivity index (χ0n) is 9.92. The van der Waals surface area contributed by atoms with E-state index in [-0.39, 0.29) is 16.1 Å². The molecule has 1 aromatic carbocycles. The lowest BCUT2D eigenvalue weighted by molar-refractivity contribution is 0.0697. The molecule has 1 amide bonds. The summed E-state index contributed by atoms with van der Waals surface area (Å²) in [6.45, 7) is 0. The Kier molecular flexibility index (Phi) is 3.86. The van der Waals surface area contributed by atoms with Crippen molar-refractivity contribution in [3.05, 3.63) is 63.2 Å². The summed E-state index contributed by atoms with van der Waals surface area (Å²) in [7, 11) is 0. The van der Waals surface area contributed by atoms with Crippen LogP contribution in [0.25, 0.3) is 0 Å². The van der Waals surface area contributed by atoms with Gasteiger partial charge in [-0.3, -0.25) is 4.79 Å². The Hall–Kier alpha value is -2.60. The maximum atomic E-state index is 11.8. The van der Waals surface area contributed by atoms with Crippen LogP contribution in [0.2, 0.25) is 5.02 Å². The lowest BCUT2D eigenvalue weighted by atomic mass is 10.2. The van der Waals surface area contributed by atoms with Crippen molar-refractivity contribution in [1.29, 1.82) is 0 Å². The van der Waals surface area contributed by atoms with Crippen LogP contribution in [0.4, 0.5) is 5.69 Å². The fraction of sp³-hybridized carbons (Fsp3) is 0. The third-order valence-electron chi connectivity index (χ3n) is 2.42. The number of aromatic carboxylic acids is 1. The first-order valence-corrected chi connectivity index (χ1v) is 5.78. The van der Waals surface area contributed by atoms with Crippen molar-refractivity contribution in [2.24, 2.45) is 0 Å². The largest absolute Gasteiger partial charge is 0.478 e. The quantitative estimate of drug-likeness (QED) is 0.904. The summed E-state index contributed by atoms with van der Waals surface area (Å²) in [5, 5.41) is 11.3. The number of benzene rings is 1. The third-order valence-corrected chi connectivity index (χ3v) is 2.73. The molecule has 6 nitrogen and oxygen atoms in total. The molecule has 1 aromatic heterocycles. The van der Waals surface area contributed by atoms with Gasteiger partial charge < -0.3 is 14.8 Å². The number of rotatable bonds is 3. The van der Waals surface area contributed by atoms with Gasteiger partial charge in [0.05, 0.1) is 16.1 Å². The maximum Gasteiger partial charge on any atom is 0.337 e. The van der Waals surface area contributed by atoms with E-state index >= 15 is 0 Å². The molecule has 0 aliphatic heterocycles. The first kappa shape index (κ1) is 13.8. The Morgan fingerprint density at radius 2 is 1.95 bits per heavy atom. The van der Waals surface area contributed by atoms with Gasteiger partial charge in [-0.25, -0.2) is 9.59 Å². The summed E-state index contributed by atoms with van der Waals surface area (Å²) in [4.78, 5) is 33.4. The second-order valence-corrected chi connectivity index (χ2v) is 4.20. The van der Waals surface area contributed by atoms with Gasteiger partial charge in [0.15, 0.2) is 0 Å². The predicted octanol–water partition coefficient (Wildman–Crippen LogP) is 2.24. The highest BCUT2D eigenvalue weighted by atomic mass is 35.5. The Balaban J connectivity index is 2.20. The molecule has 0 radical (unpaired) electrons. The lowest BCUT2D eigenvalue weighted by Crippen LogP contribution is -2.13. The van der Waals surface area contributed by atoms with Crippen LogP contribution in [0.1, 0.15) is 20.7 Å². The zero-order valence-corrected chi connectivity index (χ0v) is 10.7. The number of halogens is 1. The number of anilines is 1. The number of carbonyl (C=O) groups is 2. The Morgan fingerprint density at radius 3 is 2.50 bits per heavy atom. The van der Waals surface area contributed by atoms with Crippen molar-refractivity contribution in [1.82, 2.24) is 0 Å². The molecule has 0 aliphatic carbocycles. The first-order chi connectivity index (χ1) is 9.47. The van der Waals surface area contributed by atoms with Crippen LogP contribution in [0.3, 0.4) is 0 Å². The fourth-order valence-corrected chi connectivity index (χ4v) is 1.72. The van der Waals surface area contributed by atoms with E-state index in [0.29, 0.717) is 5.69 Å². The first-order valence-electron chi connectivity index (χ1n) is 5.40. The number of carbonyl (C=O) groups excluding carboxylic acids is 1. The number of hydrogen-bond donors (Lipinski definition) is 2. The summed E-state index contributed by atoms with van der Waals surface area (Å²) in [6, 6.07) is 6.45. The molecule has 0 atom stereocenters. The van der Waals surface area contributed by atoms with Gasteiger partial charge in [-0.15, -0.1) is 0 Å². The molecule has 0 bridgehead atoms. The van der Waals surface area contributed by atoms with Gasteiger partial charge in [-0.2, -0.15) is 0 Å². The zero-order chi connectivity index (χ0) is 14.7. The normalized spacial score (nSPS) is 10.1. The van der Waals surface area contributed by atoms with E-state index in [4.69, 9.17) is 16.7 Å². The molecule has 20 heavy (non-hydrogen) atoms. The van der Waals surface area contributed by atoms with Gasteiger partial charge in [0, 0.05) is 11.8 Å². The Labute approximate surface area is 117 Å². The molecule has 0 unspecified atom stereocenters. The monoisotopic (exact) mass is 293 g/mol. The van der Waals surface area contributed by atoms with Crippen LogP contribution in [0.15, 0.2) is 45.8 Å². The van der Waals surface area contributed by atoms with Crippen LogP contribution in [-0.2, 0) is 0 Å². The van der Waals surface area contributed by atoms with E-state index in [0.717, 1.165) is 12.3 Å². The molecule has 0 saturated heterocycles. The van der Waals surface area contributed by atoms with Gasteiger partial charge in [0.25, 0.3) is 5.91 Å². The van der Waals surface area contributed by atoms with E-state index < -0.39 is 17.5 Å². The van der Waals surface area contributed by atoms with Crippen molar-refractivity contribution in [3.8, 4) is 0 Å². The molecule has 2 N–H and O–H groups in total. The van der Waals surface area contributed by atoms with Crippen LogP contribution in [-0.4, -0.2) is 17.0 Å². The highest BCUT2D eigenvalue weighted by molar-refractivity contribution is 6.33. The molecule has 2 aromatic rings. The average Bonchev–Trinajstić information content (AvgIpc) is 2.39.